The van der Waals surface area contributed by atoms with Crippen LogP contribution in [-0.4, -0.2) is 12.3 Å². The maximum absolute atomic E-state index is 12.6. The van der Waals surface area contributed by atoms with Crippen molar-refractivity contribution in [2.75, 3.05) is 0 Å². The van der Waals surface area contributed by atoms with Gasteiger partial charge < -0.3 is 0 Å². The molecule has 0 aromatic rings. The van der Waals surface area contributed by atoms with Crippen LogP contribution in [-0.2, 0) is 0 Å². The fourth-order valence-electron chi connectivity index (χ4n) is 2.15. The maximum Gasteiger partial charge on any atom is 0.134 e. The number of rotatable bonds is 0. The highest BCUT2D eigenvalue weighted by Gasteiger charge is 2.48. The van der Waals surface area contributed by atoms with Gasteiger partial charge in [-0.05, 0) is 31.1 Å². The molecule has 0 nitrogen and oxygen atoms in total. The van der Waals surface area contributed by atoms with Gasteiger partial charge in [-0.3, -0.25) is 0 Å². The minimum absolute atomic E-state index is 0.0741. The van der Waals surface area contributed by atoms with E-state index in [0.717, 1.165) is 19.3 Å². The second-order valence-corrected chi connectivity index (χ2v) is 3.22. The van der Waals surface area contributed by atoms with Crippen molar-refractivity contribution >= 4 is 0 Å². The summed E-state index contributed by atoms with van der Waals surface area (Å²) in [7, 11) is 0. The largest absolute Gasteiger partial charge is 0.244 e. The van der Waals surface area contributed by atoms with Gasteiger partial charge in [-0.15, -0.1) is 0 Å². The van der Waals surface area contributed by atoms with Gasteiger partial charge in [0.15, 0.2) is 0 Å². The molecule has 0 radical (unpaired) electrons. The van der Waals surface area contributed by atoms with Crippen molar-refractivity contribution in [1.29, 1.82) is 0 Å². The molecule has 0 aromatic heterocycles. The van der Waals surface area contributed by atoms with Crippen LogP contribution in [0.2, 0.25) is 0 Å². The first-order chi connectivity index (χ1) is 4.29. The number of halogens is 2. The van der Waals surface area contributed by atoms with Gasteiger partial charge in [0.25, 0.3) is 0 Å². The molecule has 2 bridgehead atoms. The van der Waals surface area contributed by atoms with Gasteiger partial charge in [0, 0.05) is 0 Å². The van der Waals surface area contributed by atoms with Gasteiger partial charge >= 0.3 is 0 Å². The van der Waals surface area contributed by atoms with Crippen LogP contribution in [0.25, 0.3) is 0 Å². The zero-order chi connectivity index (χ0) is 6.43. The Morgan fingerprint density at radius 3 is 1.56 bits per heavy atom. The summed E-state index contributed by atoms with van der Waals surface area (Å²) in [5.74, 6) is 0.148. The van der Waals surface area contributed by atoms with Crippen molar-refractivity contribution in [3.8, 4) is 0 Å². The van der Waals surface area contributed by atoms with E-state index in [1.54, 1.807) is 0 Å². The zero-order valence-corrected chi connectivity index (χ0v) is 5.19. The highest BCUT2D eigenvalue weighted by molar-refractivity contribution is 4.97. The maximum atomic E-state index is 12.6. The minimum atomic E-state index is -1.12. The Kier molecular flexibility index (Phi) is 1.05. The first-order valence-electron chi connectivity index (χ1n) is 3.57. The predicted octanol–water partition coefficient (Wildman–Crippen LogP) is 2.09. The molecule has 52 valence electrons. The Labute approximate surface area is 53.2 Å². The normalized spacial score (nSPS) is 56.7. The molecule has 4 atom stereocenters. The molecule has 0 spiro atoms. The monoisotopic (exact) mass is 132 g/mol. The first-order valence-corrected chi connectivity index (χ1v) is 3.57. The molecule has 0 N–H and O–H groups in total. The van der Waals surface area contributed by atoms with E-state index < -0.39 is 12.3 Å². The van der Waals surface area contributed by atoms with Crippen molar-refractivity contribution in [1.82, 2.24) is 0 Å². The summed E-state index contributed by atoms with van der Waals surface area (Å²) in [5.41, 5.74) is 0. The van der Waals surface area contributed by atoms with Crippen LogP contribution < -0.4 is 0 Å². The fraction of sp³-hybridized carbons (Fsp3) is 1.00. The first kappa shape index (κ1) is 5.63. The molecule has 0 aliphatic heterocycles. The van der Waals surface area contributed by atoms with Crippen LogP contribution in [0.3, 0.4) is 0 Å². The van der Waals surface area contributed by atoms with E-state index in [4.69, 9.17) is 0 Å². The molecule has 2 rings (SSSR count). The summed E-state index contributed by atoms with van der Waals surface area (Å²) in [5, 5.41) is 0. The van der Waals surface area contributed by atoms with Gasteiger partial charge in [-0.25, -0.2) is 8.78 Å². The smallest absolute Gasteiger partial charge is 0.134 e. The lowest BCUT2D eigenvalue weighted by Gasteiger charge is -2.17. The molecule has 0 amide bonds. The SMILES string of the molecule is F[C@@H]1[C@H]2CC[C@H](C2)[C@@H]1F. The average molecular weight is 132 g/mol. The van der Waals surface area contributed by atoms with Gasteiger partial charge in [0.05, 0.1) is 0 Å². The lowest BCUT2D eigenvalue weighted by molar-refractivity contribution is 0.109. The van der Waals surface area contributed by atoms with E-state index in [9.17, 15) is 8.78 Å². The topological polar surface area (TPSA) is 0 Å². The molecule has 0 aromatic carbocycles. The van der Waals surface area contributed by atoms with Crippen LogP contribution in [0.4, 0.5) is 8.78 Å². The van der Waals surface area contributed by atoms with Gasteiger partial charge in [-0.1, -0.05) is 0 Å². The molecule has 0 heterocycles. The Morgan fingerprint density at radius 1 is 0.889 bits per heavy atom. The summed E-state index contributed by atoms with van der Waals surface area (Å²) in [6, 6.07) is 0. The third kappa shape index (κ3) is 0.620. The second kappa shape index (κ2) is 1.68. The lowest BCUT2D eigenvalue weighted by atomic mass is 9.97. The van der Waals surface area contributed by atoms with Crippen molar-refractivity contribution in [3.63, 3.8) is 0 Å². The Hall–Kier alpha value is -0.140. The number of hydrogen-bond donors (Lipinski definition) is 0. The van der Waals surface area contributed by atoms with Gasteiger partial charge in [-0.2, -0.15) is 0 Å². The van der Waals surface area contributed by atoms with Crippen LogP contribution in [0.15, 0.2) is 0 Å². The van der Waals surface area contributed by atoms with Crippen molar-refractivity contribution in [2.45, 2.75) is 31.6 Å². The average Bonchev–Trinajstić information content (AvgIpc) is 2.37. The van der Waals surface area contributed by atoms with Crippen LogP contribution >= 0.6 is 0 Å². The molecule has 0 unspecified atom stereocenters. The van der Waals surface area contributed by atoms with E-state index >= 15 is 0 Å². The fourth-order valence-corrected chi connectivity index (χ4v) is 2.15. The molecular weight excluding hydrogens is 122 g/mol. The number of fused-ring (bicyclic) bond motifs is 2. The van der Waals surface area contributed by atoms with Gasteiger partial charge in [0.2, 0.25) is 0 Å². The van der Waals surface area contributed by atoms with Crippen LogP contribution in [0, 0.1) is 11.8 Å². The molecule has 0 saturated heterocycles. The highest BCUT2D eigenvalue weighted by Crippen LogP contribution is 2.47. The van der Waals surface area contributed by atoms with Crippen LogP contribution in [0.1, 0.15) is 19.3 Å². The Bertz CT molecular complexity index is 106. The van der Waals surface area contributed by atoms with E-state index in [0.29, 0.717) is 0 Å². The molecule has 2 aliphatic rings. The van der Waals surface area contributed by atoms with Gasteiger partial charge in [0.1, 0.15) is 12.3 Å². The standard InChI is InChI=1S/C7H10F2/c8-6-4-1-2-5(3-4)7(6)9/h4-7H,1-3H2/t4-,5+,6+,7-. The molecule has 2 fully saturated rings. The summed E-state index contributed by atoms with van der Waals surface area (Å²) < 4.78 is 25.3. The molecule has 2 aliphatic carbocycles. The number of alkyl halides is 2. The third-order valence-corrected chi connectivity index (χ3v) is 2.72. The lowest BCUT2D eigenvalue weighted by Crippen LogP contribution is -2.24. The van der Waals surface area contributed by atoms with Crippen molar-refractivity contribution < 1.29 is 8.78 Å². The molecule has 2 saturated carbocycles. The van der Waals surface area contributed by atoms with E-state index in [-0.39, 0.29) is 11.8 Å². The summed E-state index contributed by atoms with van der Waals surface area (Å²) in [4.78, 5) is 0. The molecule has 2 heteroatoms. The van der Waals surface area contributed by atoms with E-state index in [2.05, 4.69) is 0 Å². The van der Waals surface area contributed by atoms with E-state index in [1.165, 1.54) is 0 Å². The highest BCUT2D eigenvalue weighted by atomic mass is 19.2. The third-order valence-electron chi connectivity index (χ3n) is 2.72. The predicted molar refractivity (Wildman–Crippen MR) is 30.6 cm³/mol. The molecular formula is C7H10F2. The summed E-state index contributed by atoms with van der Waals surface area (Å²) >= 11 is 0. The van der Waals surface area contributed by atoms with Crippen LogP contribution in [0.5, 0.6) is 0 Å². The van der Waals surface area contributed by atoms with Crippen molar-refractivity contribution in [3.05, 3.63) is 0 Å². The Balaban J connectivity index is 2.15. The minimum Gasteiger partial charge on any atom is -0.244 e. The summed E-state index contributed by atoms with van der Waals surface area (Å²) in [6.07, 6.45) is 0.411. The number of hydrogen-bond acceptors (Lipinski definition) is 0. The van der Waals surface area contributed by atoms with E-state index in [1.807, 2.05) is 0 Å². The zero-order valence-electron chi connectivity index (χ0n) is 5.19. The van der Waals surface area contributed by atoms with Crippen molar-refractivity contribution in [2.24, 2.45) is 11.8 Å². The Morgan fingerprint density at radius 2 is 1.33 bits per heavy atom. The second-order valence-electron chi connectivity index (χ2n) is 3.22. The summed E-state index contributed by atoms with van der Waals surface area (Å²) in [6.45, 7) is 0. The quantitative estimate of drug-likeness (QED) is 0.473. The molecule has 9 heavy (non-hydrogen) atoms.